The number of furan rings is 1. The molecule has 2 heterocycles. The smallest absolute Gasteiger partial charge is 0.114 e. The molecule has 1 fully saturated rings. The maximum absolute atomic E-state index is 5.66. The number of hydrogen-bond acceptors (Lipinski definition) is 3. The fourth-order valence-corrected chi connectivity index (χ4v) is 2.93. The van der Waals surface area contributed by atoms with E-state index in [0.717, 1.165) is 29.7 Å². The molecule has 1 aromatic rings. The van der Waals surface area contributed by atoms with Crippen LogP contribution in [0, 0.1) is 0 Å². The van der Waals surface area contributed by atoms with Gasteiger partial charge in [-0.1, -0.05) is 6.92 Å². The third-order valence-electron chi connectivity index (χ3n) is 2.79. The Kier molecular flexibility index (Phi) is 4.15. The lowest BCUT2D eigenvalue weighted by atomic mass is 10.3. The highest BCUT2D eigenvalue weighted by Gasteiger charge is 2.13. The van der Waals surface area contributed by atoms with E-state index in [1.165, 1.54) is 25.1 Å². The van der Waals surface area contributed by atoms with Crippen LogP contribution < -0.4 is 5.32 Å². The molecule has 84 valence electrons. The van der Waals surface area contributed by atoms with E-state index >= 15 is 0 Å². The molecule has 1 N–H and O–H groups in total. The van der Waals surface area contributed by atoms with E-state index in [9.17, 15) is 0 Å². The van der Waals surface area contributed by atoms with Gasteiger partial charge < -0.3 is 9.73 Å². The second-order valence-corrected chi connectivity index (χ2v) is 5.06. The largest absolute Gasteiger partial charge is 0.465 e. The molecule has 0 radical (unpaired) electrons. The first kappa shape index (κ1) is 11.1. The van der Waals surface area contributed by atoms with Gasteiger partial charge in [0.25, 0.3) is 0 Å². The molecular formula is C12H19NOS. The van der Waals surface area contributed by atoms with E-state index in [0.29, 0.717) is 0 Å². The predicted octanol–water partition coefficient (Wildman–Crippen LogP) is 2.83. The van der Waals surface area contributed by atoms with Gasteiger partial charge in [0.2, 0.25) is 0 Å². The molecule has 1 aromatic heterocycles. The van der Waals surface area contributed by atoms with Crippen molar-refractivity contribution in [3.8, 4) is 0 Å². The molecule has 2 rings (SSSR count). The van der Waals surface area contributed by atoms with Crippen LogP contribution in [0.5, 0.6) is 0 Å². The summed E-state index contributed by atoms with van der Waals surface area (Å²) in [6, 6.07) is 4.92. The Morgan fingerprint density at radius 1 is 1.47 bits per heavy atom. The molecule has 2 nitrogen and oxygen atoms in total. The molecule has 0 aliphatic carbocycles. The highest BCUT2D eigenvalue weighted by Crippen LogP contribution is 2.18. The summed E-state index contributed by atoms with van der Waals surface area (Å²) in [5.74, 6) is 4.44. The van der Waals surface area contributed by atoms with Gasteiger partial charge in [0, 0.05) is 18.2 Å². The minimum atomic E-state index is 0.732. The summed E-state index contributed by atoms with van der Waals surface area (Å²) in [6.45, 7) is 3.32. The SMILES string of the molecule is CCc1ccc(CSC[C@H]2CCCN2)o1. The van der Waals surface area contributed by atoms with E-state index in [2.05, 4.69) is 24.4 Å². The topological polar surface area (TPSA) is 25.2 Å². The van der Waals surface area contributed by atoms with E-state index < -0.39 is 0 Å². The summed E-state index contributed by atoms with van der Waals surface area (Å²) in [6.07, 6.45) is 3.67. The minimum Gasteiger partial charge on any atom is -0.465 e. The first-order valence-corrected chi connectivity index (χ1v) is 6.92. The van der Waals surface area contributed by atoms with Gasteiger partial charge in [-0.2, -0.15) is 11.8 Å². The molecule has 1 aliphatic heterocycles. The lowest BCUT2D eigenvalue weighted by Gasteiger charge is -2.07. The monoisotopic (exact) mass is 225 g/mol. The molecule has 3 heteroatoms. The average molecular weight is 225 g/mol. The van der Waals surface area contributed by atoms with Gasteiger partial charge in [0.1, 0.15) is 11.5 Å². The fraction of sp³-hybridized carbons (Fsp3) is 0.667. The normalized spacial score (nSPS) is 21.0. The fourth-order valence-electron chi connectivity index (χ4n) is 1.89. The van der Waals surface area contributed by atoms with Crippen molar-refractivity contribution in [3.05, 3.63) is 23.7 Å². The maximum Gasteiger partial charge on any atom is 0.114 e. The Morgan fingerprint density at radius 2 is 2.33 bits per heavy atom. The summed E-state index contributed by atoms with van der Waals surface area (Å²) >= 11 is 1.97. The van der Waals surface area contributed by atoms with Gasteiger partial charge in [0.05, 0.1) is 5.75 Å². The van der Waals surface area contributed by atoms with Gasteiger partial charge in [-0.3, -0.25) is 0 Å². The number of nitrogens with one attached hydrogen (secondary N) is 1. The maximum atomic E-state index is 5.66. The summed E-state index contributed by atoms with van der Waals surface area (Å²) in [4.78, 5) is 0. The van der Waals surface area contributed by atoms with Crippen molar-refractivity contribution >= 4 is 11.8 Å². The zero-order valence-electron chi connectivity index (χ0n) is 9.29. The van der Waals surface area contributed by atoms with Gasteiger partial charge in [-0.25, -0.2) is 0 Å². The second-order valence-electron chi connectivity index (χ2n) is 4.03. The molecule has 1 atom stereocenters. The van der Waals surface area contributed by atoms with Crippen LogP contribution in [-0.4, -0.2) is 18.3 Å². The Labute approximate surface area is 95.8 Å². The Morgan fingerprint density at radius 3 is 3.00 bits per heavy atom. The third-order valence-corrected chi connectivity index (χ3v) is 3.92. The first-order valence-electron chi connectivity index (χ1n) is 5.77. The summed E-state index contributed by atoms with van der Waals surface area (Å²) in [7, 11) is 0. The van der Waals surface area contributed by atoms with Crippen molar-refractivity contribution in [3.63, 3.8) is 0 Å². The summed E-state index contributed by atoms with van der Waals surface area (Å²) in [5, 5.41) is 3.51. The number of aryl methyl sites for hydroxylation is 1. The van der Waals surface area contributed by atoms with Crippen LogP contribution in [0.2, 0.25) is 0 Å². The van der Waals surface area contributed by atoms with Crippen molar-refractivity contribution in [2.45, 2.75) is 38.0 Å². The molecule has 0 amide bonds. The molecule has 0 spiro atoms. The van der Waals surface area contributed by atoms with Crippen LogP contribution in [0.25, 0.3) is 0 Å². The van der Waals surface area contributed by atoms with E-state index in [1.54, 1.807) is 0 Å². The quantitative estimate of drug-likeness (QED) is 0.834. The molecule has 15 heavy (non-hydrogen) atoms. The van der Waals surface area contributed by atoms with Crippen LogP contribution in [0.15, 0.2) is 16.5 Å². The highest BCUT2D eigenvalue weighted by molar-refractivity contribution is 7.98. The van der Waals surface area contributed by atoms with Crippen LogP contribution in [0.1, 0.15) is 31.3 Å². The van der Waals surface area contributed by atoms with E-state index in [-0.39, 0.29) is 0 Å². The van der Waals surface area contributed by atoms with E-state index in [4.69, 9.17) is 4.42 Å². The molecule has 1 saturated heterocycles. The van der Waals surface area contributed by atoms with Crippen molar-refractivity contribution < 1.29 is 4.42 Å². The lowest BCUT2D eigenvalue weighted by Crippen LogP contribution is -2.23. The van der Waals surface area contributed by atoms with Crippen LogP contribution in [0.3, 0.4) is 0 Å². The number of thioether (sulfide) groups is 1. The minimum absolute atomic E-state index is 0.732. The first-order chi connectivity index (χ1) is 7.38. The number of hydrogen-bond donors (Lipinski definition) is 1. The average Bonchev–Trinajstić information content (AvgIpc) is 2.88. The van der Waals surface area contributed by atoms with E-state index in [1.807, 2.05) is 11.8 Å². The zero-order chi connectivity index (χ0) is 10.5. The molecule has 0 aromatic carbocycles. The van der Waals surface area contributed by atoms with Crippen molar-refractivity contribution in [2.24, 2.45) is 0 Å². The summed E-state index contributed by atoms with van der Waals surface area (Å²) < 4.78 is 5.66. The van der Waals surface area contributed by atoms with Crippen LogP contribution >= 0.6 is 11.8 Å². The zero-order valence-corrected chi connectivity index (χ0v) is 10.1. The van der Waals surface area contributed by atoms with Gasteiger partial charge in [0.15, 0.2) is 0 Å². The molecule has 1 aliphatic rings. The standard InChI is InChI=1S/C12H19NOS/c1-2-11-5-6-12(14-11)9-15-8-10-4-3-7-13-10/h5-6,10,13H,2-4,7-9H2,1H3/t10-/m1/s1. The molecular weight excluding hydrogens is 206 g/mol. The van der Waals surface area contributed by atoms with Crippen molar-refractivity contribution in [1.82, 2.24) is 5.32 Å². The second kappa shape index (κ2) is 5.61. The van der Waals surface area contributed by atoms with Crippen molar-refractivity contribution in [1.29, 1.82) is 0 Å². The van der Waals surface area contributed by atoms with Crippen LogP contribution in [0.4, 0.5) is 0 Å². The van der Waals surface area contributed by atoms with Gasteiger partial charge >= 0.3 is 0 Å². The Balaban J connectivity index is 1.68. The van der Waals surface area contributed by atoms with Crippen LogP contribution in [-0.2, 0) is 12.2 Å². The Bertz CT molecular complexity index is 292. The highest BCUT2D eigenvalue weighted by atomic mass is 32.2. The van der Waals surface area contributed by atoms with Crippen molar-refractivity contribution in [2.75, 3.05) is 12.3 Å². The number of rotatable bonds is 5. The molecule has 0 saturated carbocycles. The van der Waals surface area contributed by atoms with Gasteiger partial charge in [-0.05, 0) is 31.5 Å². The van der Waals surface area contributed by atoms with Gasteiger partial charge in [-0.15, -0.1) is 0 Å². The Hall–Kier alpha value is -0.410. The lowest BCUT2D eigenvalue weighted by molar-refractivity contribution is 0.485. The molecule has 0 bridgehead atoms. The predicted molar refractivity (Wildman–Crippen MR) is 65.3 cm³/mol. The summed E-state index contributed by atoms with van der Waals surface area (Å²) in [5.41, 5.74) is 0. The molecule has 0 unspecified atom stereocenters. The third kappa shape index (κ3) is 3.28.